The van der Waals surface area contributed by atoms with E-state index in [2.05, 4.69) is 25.3 Å². The summed E-state index contributed by atoms with van der Waals surface area (Å²) in [6.07, 6.45) is 1.76. The van der Waals surface area contributed by atoms with Gasteiger partial charge in [0.1, 0.15) is 11.5 Å². The van der Waals surface area contributed by atoms with Gasteiger partial charge in [0.2, 0.25) is 0 Å². The Morgan fingerprint density at radius 3 is 2.50 bits per heavy atom. The van der Waals surface area contributed by atoms with E-state index >= 15 is 0 Å². The maximum Gasteiger partial charge on any atom is 0.387 e. The van der Waals surface area contributed by atoms with Gasteiger partial charge in [-0.3, -0.25) is 9.98 Å². The number of aromatic nitrogens is 1. The molecule has 0 atom stereocenters. The van der Waals surface area contributed by atoms with Gasteiger partial charge >= 0.3 is 6.61 Å². The molecule has 0 bridgehead atoms. The molecule has 9 heteroatoms. The topological polar surface area (TPSA) is 67.8 Å². The van der Waals surface area contributed by atoms with Crippen molar-refractivity contribution in [3.63, 3.8) is 0 Å². The standard InChI is InChI=1S/C21H22F2N4O2.HI/c1-24-21(26-12-15-6-3-5-14-7-4-10-25-19(14)15)27-13-16-11-17(28-2)8-9-18(16)29-20(22)23;/h3-11,20H,12-13H2,1-2H3,(H2,24,26,27);1H. The number of nitrogens with one attached hydrogen (secondary N) is 2. The lowest BCUT2D eigenvalue weighted by Crippen LogP contribution is -2.36. The maximum absolute atomic E-state index is 12.7. The third-order valence-electron chi connectivity index (χ3n) is 4.32. The minimum atomic E-state index is -2.90. The van der Waals surface area contributed by atoms with Gasteiger partial charge in [-0.2, -0.15) is 8.78 Å². The first-order valence-electron chi connectivity index (χ1n) is 8.99. The third kappa shape index (κ3) is 6.15. The number of hydrogen-bond acceptors (Lipinski definition) is 4. The molecule has 0 spiro atoms. The van der Waals surface area contributed by atoms with E-state index < -0.39 is 6.61 Å². The van der Waals surface area contributed by atoms with Crippen LogP contribution in [0.3, 0.4) is 0 Å². The van der Waals surface area contributed by atoms with Crippen LogP contribution >= 0.6 is 24.0 Å². The Morgan fingerprint density at radius 2 is 1.80 bits per heavy atom. The van der Waals surface area contributed by atoms with Crippen molar-refractivity contribution in [2.45, 2.75) is 19.7 Å². The fourth-order valence-electron chi connectivity index (χ4n) is 2.92. The van der Waals surface area contributed by atoms with Crippen LogP contribution in [0, 0.1) is 0 Å². The first-order valence-corrected chi connectivity index (χ1v) is 8.99. The lowest BCUT2D eigenvalue weighted by atomic mass is 10.1. The zero-order chi connectivity index (χ0) is 20.6. The molecule has 2 N–H and O–H groups in total. The summed E-state index contributed by atoms with van der Waals surface area (Å²) in [7, 11) is 3.15. The second-order valence-electron chi connectivity index (χ2n) is 6.12. The van der Waals surface area contributed by atoms with Crippen LogP contribution in [0.15, 0.2) is 59.7 Å². The molecule has 30 heavy (non-hydrogen) atoms. The zero-order valence-corrected chi connectivity index (χ0v) is 18.9. The Hall–Kier alpha value is -2.69. The van der Waals surface area contributed by atoms with Gasteiger partial charge < -0.3 is 20.1 Å². The number of para-hydroxylation sites is 1. The van der Waals surface area contributed by atoms with Gasteiger partial charge in [-0.1, -0.05) is 24.3 Å². The largest absolute Gasteiger partial charge is 0.497 e. The molecule has 6 nitrogen and oxygen atoms in total. The van der Waals surface area contributed by atoms with Crippen LogP contribution < -0.4 is 20.1 Å². The van der Waals surface area contributed by atoms with E-state index in [1.54, 1.807) is 25.4 Å². The highest BCUT2D eigenvalue weighted by molar-refractivity contribution is 14.0. The summed E-state index contributed by atoms with van der Waals surface area (Å²) in [4.78, 5) is 8.62. The summed E-state index contributed by atoms with van der Waals surface area (Å²) in [5.41, 5.74) is 2.46. The van der Waals surface area contributed by atoms with Gasteiger partial charge in [0.05, 0.1) is 12.6 Å². The average Bonchev–Trinajstić information content (AvgIpc) is 2.74. The van der Waals surface area contributed by atoms with Gasteiger partial charge in [-0.25, -0.2) is 0 Å². The Bertz CT molecular complexity index is 996. The average molecular weight is 528 g/mol. The van der Waals surface area contributed by atoms with Crippen molar-refractivity contribution in [1.29, 1.82) is 0 Å². The number of benzene rings is 2. The first-order chi connectivity index (χ1) is 14.1. The van der Waals surface area contributed by atoms with E-state index in [4.69, 9.17) is 4.74 Å². The lowest BCUT2D eigenvalue weighted by molar-refractivity contribution is -0.0504. The molecule has 1 heterocycles. The van der Waals surface area contributed by atoms with Crippen LogP contribution in [0.2, 0.25) is 0 Å². The van der Waals surface area contributed by atoms with E-state index in [1.807, 2.05) is 30.3 Å². The van der Waals surface area contributed by atoms with E-state index in [1.165, 1.54) is 13.2 Å². The molecule has 0 fully saturated rings. The molecule has 160 valence electrons. The maximum atomic E-state index is 12.7. The van der Waals surface area contributed by atoms with Crippen molar-refractivity contribution in [3.05, 3.63) is 65.9 Å². The molecular formula is C21H23F2IN4O2. The zero-order valence-electron chi connectivity index (χ0n) is 16.6. The number of alkyl halides is 2. The van der Waals surface area contributed by atoms with Crippen molar-refractivity contribution < 1.29 is 18.3 Å². The minimum absolute atomic E-state index is 0. The third-order valence-corrected chi connectivity index (χ3v) is 4.32. The molecule has 3 rings (SSSR count). The molecule has 2 aromatic carbocycles. The number of pyridine rings is 1. The van der Waals surface area contributed by atoms with E-state index in [0.717, 1.165) is 16.5 Å². The number of fused-ring (bicyclic) bond motifs is 1. The summed E-state index contributed by atoms with van der Waals surface area (Å²) in [6.45, 7) is -2.17. The van der Waals surface area contributed by atoms with Crippen molar-refractivity contribution in [1.82, 2.24) is 15.6 Å². The van der Waals surface area contributed by atoms with Crippen LogP contribution in [0.4, 0.5) is 8.78 Å². The highest BCUT2D eigenvalue weighted by Gasteiger charge is 2.12. The quantitative estimate of drug-likeness (QED) is 0.272. The first kappa shape index (κ1) is 23.6. The van der Waals surface area contributed by atoms with Gasteiger partial charge in [0, 0.05) is 37.3 Å². The van der Waals surface area contributed by atoms with E-state index in [-0.39, 0.29) is 36.3 Å². The van der Waals surface area contributed by atoms with Crippen molar-refractivity contribution >= 4 is 40.8 Å². The second-order valence-corrected chi connectivity index (χ2v) is 6.12. The molecule has 0 aliphatic rings. The van der Waals surface area contributed by atoms with Gasteiger partial charge in [0.25, 0.3) is 0 Å². The van der Waals surface area contributed by atoms with Gasteiger partial charge in [-0.05, 0) is 29.8 Å². The number of ether oxygens (including phenoxy) is 2. The molecule has 0 unspecified atom stereocenters. The number of methoxy groups -OCH3 is 1. The Labute approximate surface area is 190 Å². The molecule has 0 amide bonds. The van der Waals surface area contributed by atoms with Crippen molar-refractivity contribution in [3.8, 4) is 11.5 Å². The molecule has 3 aromatic rings. The smallest absolute Gasteiger partial charge is 0.387 e. The summed E-state index contributed by atoms with van der Waals surface area (Å²) in [5, 5.41) is 7.38. The molecule has 0 aliphatic heterocycles. The number of guanidine groups is 1. The Balaban J connectivity index is 0.00000320. The predicted molar refractivity (Wildman–Crippen MR) is 124 cm³/mol. The van der Waals surface area contributed by atoms with Gasteiger partial charge in [-0.15, -0.1) is 24.0 Å². The summed E-state index contributed by atoms with van der Waals surface area (Å²) >= 11 is 0. The monoisotopic (exact) mass is 528 g/mol. The van der Waals surface area contributed by atoms with E-state index in [0.29, 0.717) is 23.8 Å². The number of aliphatic imine (C=N–C) groups is 1. The van der Waals surface area contributed by atoms with E-state index in [9.17, 15) is 8.78 Å². The molecule has 1 aromatic heterocycles. The SMILES string of the molecule is CN=C(NCc1cc(OC)ccc1OC(F)F)NCc1cccc2cccnc12.I. The second kappa shape index (κ2) is 11.5. The summed E-state index contributed by atoms with van der Waals surface area (Å²) in [6, 6.07) is 14.5. The number of nitrogens with zero attached hydrogens (tertiary/aromatic N) is 2. The van der Waals surface area contributed by atoms with Crippen LogP contribution in [-0.2, 0) is 13.1 Å². The highest BCUT2D eigenvalue weighted by atomic mass is 127. The molecular weight excluding hydrogens is 505 g/mol. The number of halogens is 3. The van der Waals surface area contributed by atoms with Gasteiger partial charge in [0.15, 0.2) is 5.96 Å². The summed E-state index contributed by atoms with van der Waals surface area (Å²) in [5.74, 6) is 1.15. The number of hydrogen-bond donors (Lipinski definition) is 2. The minimum Gasteiger partial charge on any atom is -0.497 e. The molecule has 0 aliphatic carbocycles. The van der Waals surface area contributed by atoms with Crippen LogP contribution in [0.1, 0.15) is 11.1 Å². The van der Waals surface area contributed by atoms with Crippen molar-refractivity contribution in [2.24, 2.45) is 4.99 Å². The fraction of sp³-hybridized carbons (Fsp3) is 0.238. The molecule has 0 radical (unpaired) electrons. The fourth-order valence-corrected chi connectivity index (χ4v) is 2.92. The highest BCUT2D eigenvalue weighted by Crippen LogP contribution is 2.25. The Morgan fingerprint density at radius 1 is 1.07 bits per heavy atom. The van der Waals surface area contributed by atoms with Crippen LogP contribution in [-0.4, -0.2) is 31.7 Å². The van der Waals surface area contributed by atoms with Crippen LogP contribution in [0.5, 0.6) is 11.5 Å². The molecule has 0 saturated heterocycles. The predicted octanol–water partition coefficient (Wildman–Crippen LogP) is 4.33. The Kier molecular flexibility index (Phi) is 9.03. The van der Waals surface area contributed by atoms with Crippen LogP contribution in [0.25, 0.3) is 10.9 Å². The number of rotatable bonds is 7. The summed E-state index contributed by atoms with van der Waals surface area (Å²) < 4.78 is 35.1. The van der Waals surface area contributed by atoms with Crippen molar-refractivity contribution in [2.75, 3.05) is 14.2 Å². The molecule has 0 saturated carbocycles. The normalized spacial score (nSPS) is 11.2. The lowest BCUT2D eigenvalue weighted by Gasteiger charge is -2.16.